The first-order valence-corrected chi connectivity index (χ1v) is 7.45. The molecule has 0 aromatic carbocycles. The average molecular weight is 269 g/mol. The predicted molar refractivity (Wildman–Crippen MR) is 75.8 cm³/mol. The molecule has 4 heteroatoms. The lowest BCUT2D eigenvalue weighted by molar-refractivity contribution is -0.141. The van der Waals surface area contributed by atoms with E-state index in [4.69, 9.17) is 4.74 Å². The SMILES string of the molecule is CCCC(CC)NC(CC(=O)OC)c1cccs1. The highest BCUT2D eigenvalue weighted by atomic mass is 32.1. The number of methoxy groups -OCH3 is 1. The lowest BCUT2D eigenvalue weighted by atomic mass is 10.1. The smallest absolute Gasteiger partial charge is 0.307 e. The Hall–Kier alpha value is -0.870. The molecular weight excluding hydrogens is 246 g/mol. The van der Waals surface area contributed by atoms with Gasteiger partial charge in [-0.25, -0.2) is 0 Å². The minimum atomic E-state index is -0.160. The highest BCUT2D eigenvalue weighted by Crippen LogP contribution is 2.24. The number of hydrogen-bond acceptors (Lipinski definition) is 4. The summed E-state index contributed by atoms with van der Waals surface area (Å²) in [4.78, 5) is 12.7. The summed E-state index contributed by atoms with van der Waals surface area (Å²) in [6.45, 7) is 4.36. The second-order valence-electron chi connectivity index (χ2n) is 4.41. The summed E-state index contributed by atoms with van der Waals surface area (Å²) in [7, 11) is 1.44. The van der Waals surface area contributed by atoms with Crippen LogP contribution in [0.2, 0.25) is 0 Å². The molecule has 102 valence electrons. The maximum atomic E-state index is 11.5. The topological polar surface area (TPSA) is 38.3 Å². The van der Waals surface area contributed by atoms with E-state index in [2.05, 4.69) is 25.2 Å². The molecule has 0 saturated heterocycles. The van der Waals surface area contributed by atoms with Crippen molar-refractivity contribution in [3.63, 3.8) is 0 Å². The molecule has 1 heterocycles. The van der Waals surface area contributed by atoms with E-state index < -0.39 is 0 Å². The van der Waals surface area contributed by atoms with Gasteiger partial charge < -0.3 is 10.1 Å². The first-order chi connectivity index (χ1) is 8.71. The van der Waals surface area contributed by atoms with E-state index in [1.54, 1.807) is 11.3 Å². The molecule has 0 radical (unpaired) electrons. The van der Waals surface area contributed by atoms with Gasteiger partial charge in [-0.3, -0.25) is 4.79 Å². The molecule has 0 amide bonds. The largest absolute Gasteiger partial charge is 0.469 e. The summed E-state index contributed by atoms with van der Waals surface area (Å²) in [5.74, 6) is -0.160. The Labute approximate surface area is 114 Å². The third-order valence-electron chi connectivity index (χ3n) is 3.05. The third kappa shape index (κ3) is 4.78. The van der Waals surface area contributed by atoms with Gasteiger partial charge in [0.2, 0.25) is 0 Å². The van der Waals surface area contributed by atoms with Crippen LogP contribution in [0.15, 0.2) is 17.5 Å². The maximum absolute atomic E-state index is 11.5. The van der Waals surface area contributed by atoms with Crippen molar-refractivity contribution in [2.45, 2.75) is 51.6 Å². The summed E-state index contributed by atoms with van der Waals surface area (Å²) in [6.07, 6.45) is 3.77. The standard InChI is InChI=1S/C14H23NO2S/c1-4-7-11(5-2)15-12(10-14(16)17-3)13-8-6-9-18-13/h6,8-9,11-12,15H,4-5,7,10H2,1-3H3. The molecule has 1 N–H and O–H groups in total. The van der Waals surface area contributed by atoms with Crippen molar-refractivity contribution in [2.75, 3.05) is 7.11 Å². The van der Waals surface area contributed by atoms with E-state index in [0.29, 0.717) is 12.5 Å². The van der Waals surface area contributed by atoms with Crippen LogP contribution in [0, 0.1) is 0 Å². The zero-order chi connectivity index (χ0) is 13.4. The van der Waals surface area contributed by atoms with E-state index in [9.17, 15) is 4.79 Å². The van der Waals surface area contributed by atoms with Gasteiger partial charge in [0.1, 0.15) is 0 Å². The Morgan fingerprint density at radius 3 is 2.78 bits per heavy atom. The summed E-state index contributed by atoms with van der Waals surface area (Å²) in [6, 6.07) is 4.64. The molecule has 0 aliphatic heterocycles. The number of carbonyl (C=O) groups excluding carboxylic acids is 1. The Balaban J connectivity index is 2.68. The van der Waals surface area contributed by atoms with Gasteiger partial charge in [0.05, 0.1) is 19.6 Å². The van der Waals surface area contributed by atoms with Crippen molar-refractivity contribution < 1.29 is 9.53 Å². The van der Waals surface area contributed by atoms with Crippen LogP contribution in [-0.4, -0.2) is 19.1 Å². The van der Waals surface area contributed by atoms with Crippen LogP contribution in [-0.2, 0) is 9.53 Å². The predicted octanol–water partition coefficient (Wildman–Crippen LogP) is 3.52. The zero-order valence-corrected chi connectivity index (χ0v) is 12.3. The molecule has 1 aromatic heterocycles. The van der Waals surface area contributed by atoms with Crippen LogP contribution in [0.4, 0.5) is 0 Å². The van der Waals surface area contributed by atoms with Crippen molar-refractivity contribution in [3.05, 3.63) is 22.4 Å². The summed E-state index contributed by atoms with van der Waals surface area (Å²) in [5.41, 5.74) is 0. The molecule has 1 rings (SSSR count). The first-order valence-electron chi connectivity index (χ1n) is 6.57. The molecule has 2 atom stereocenters. The second kappa shape index (κ2) is 8.27. The molecule has 1 aromatic rings. The highest BCUT2D eigenvalue weighted by Gasteiger charge is 2.20. The zero-order valence-electron chi connectivity index (χ0n) is 11.4. The van der Waals surface area contributed by atoms with Crippen LogP contribution in [0.1, 0.15) is 50.4 Å². The fourth-order valence-electron chi connectivity index (χ4n) is 2.02. The lowest BCUT2D eigenvalue weighted by Gasteiger charge is -2.23. The Morgan fingerprint density at radius 1 is 1.50 bits per heavy atom. The number of thiophene rings is 1. The summed E-state index contributed by atoms with van der Waals surface area (Å²) in [5, 5.41) is 5.63. The van der Waals surface area contributed by atoms with Crippen molar-refractivity contribution in [2.24, 2.45) is 0 Å². The number of ether oxygens (including phenoxy) is 1. The summed E-state index contributed by atoms with van der Waals surface area (Å²) < 4.78 is 4.78. The van der Waals surface area contributed by atoms with Crippen LogP contribution in [0.25, 0.3) is 0 Å². The quantitative estimate of drug-likeness (QED) is 0.734. The molecule has 0 spiro atoms. The van der Waals surface area contributed by atoms with Crippen molar-refractivity contribution >= 4 is 17.3 Å². The average Bonchev–Trinajstić information content (AvgIpc) is 2.90. The molecule has 0 saturated carbocycles. The van der Waals surface area contributed by atoms with E-state index in [-0.39, 0.29) is 12.0 Å². The molecule has 2 unspecified atom stereocenters. The fourth-order valence-corrected chi connectivity index (χ4v) is 2.81. The van der Waals surface area contributed by atoms with Gasteiger partial charge in [0, 0.05) is 10.9 Å². The van der Waals surface area contributed by atoms with Gasteiger partial charge in [0.25, 0.3) is 0 Å². The van der Waals surface area contributed by atoms with E-state index >= 15 is 0 Å². The number of hydrogen-bond donors (Lipinski definition) is 1. The van der Waals surface area contributed by atoms with Crippen LogP contribution < -0.4 is 5.32 Å². The monoisotopic (exact) mass is 269 g/mol. The van der Waals surface area contributed by atoms with Gasteiger partial charge in [-0.1, -0.05) is 26.3 Å². The van der Waals surface area contributed by atoms with Crippen molar-refractivity contribution in [3.8, 4) is 0 Å². The van der Waals surface area contributed by atoms with Gasteiger partial charge in [-0.2, -0.15) is 0 Å². The highest BCUT2D eigenvalue weighted by molar-refractivity contribution is 7.10. The van der Waals surface area contributed by atoms with E-state index in [1.807, 2.05) is 11.4 Å². The van der Waals surface area contributed by atoms with Crippen LogP contribution >= 0.6 is 11.3 Å². The number of carbonyl (C=O) groups is 1. The van der Waals surface area contributed by atoms with Crippen LogP contribution in [0.5, 0.6) is 0 Å². The molecule has 0 aliphatic carbocycles. The van der Waals surface area contributed by atoms with Crippen molar-refractivity contribution in [1.82, 2.24) is 5.32 Å². The van der Waals surface area contributed by atoms with Gasteiger partial charge in [-0.05, 0) is 24.3 Å². The molecule has 18 heavy (non-hydrogen) atoms. The third-order valence-corrected chi connectivity index (χ3v) is 4.04. The normalized spacial score (nSPS) is 14.2. The summed E-state index contributed by atoms with van der Waals surface area (Å²) >= 11 is 1.68. The number of rotatable bonds is 8. The minimum Gasteiger partial charge on any atom is -0.469 e. The molecule has 0 fully saturated rings. The number of nitrogens with one attached hydrogen (secondary N) is 1. The van der Waals surface area contributed by atoms with E-state index in [0.717, 1.165) is 19.3 Å². The second-order valence-corrected chi connectivity index (χ2v) is 5.39. The Bertz CT molecular complexity index is 338. The van der Waals surface area contributed by atoms with Crippen LogP contribution in [0.3, 0.4) is 0 Å². The molecule has 0 aliphatic rings. The molecular formula is C14H23NO2S. The Morgan fingerprint density at radius 2 is 2.28 bits per heavy atom. The van der Waals surface area contributed by atoms with Gasteiger partial charge in [0.15, 0.2) is 0 Å². The van der Waals surface area contributed by atoms with E-state index in [1.165, 1.54) is 12.0 Å². The van der Waals surface area contributed by atoms with Crippen molar-refractivity contribution in [1.29, 1.82) is 0 Å². The first kappa shape index (κ1) is 15.2. The maximum Gasteiger partial charge on any atom is 0.307 e. The fraction of sp³-hybridized carbons (Fsp3) is 0.643. The number of esters is 1. The Kier molecular flexibility index (Phi) is 6.98. The van der Waals surface area contributed by atoms with Gasteiger partial charge >= 0.3 is 5.97 Å². The lowest BCUT2D eigenvalue weighted by Crippen LogP contribution is -2.33. The van der Waals surface area contributed by atoms with Gasteiger partial charge in [-0.15, -0.1) is 11.3 Å². The molecule has 3 nitrogen and oxygen atoms in total. The molecule has 0 bridgehead atoms. The minimum absolute atomic E-state index is 0.0777.